The van der Waals surface area contributed by atoms with Crippen LogP contribution < -0.4 is 0 Å². The molecule has 0 atom stereocenters. The normalized spacial score (nSPS) is 8.42. The fourth-order valence-electron chi connectivity index (χ4n) is 1.11. The fraction of sp³-hybridized carbons (Fsp3) is 0. The smallest absolute Gasteiger partial charge is 0.335 e. The molecule has 2 aromatic rings. The van der Waals surface area contributed by atoms with Crippen LogP contribution in [0, 0.1) is 6.07 Å². The molecule has 5 heteroatoms. The first-order chi connectivity index (χ1) is 8.61. The minimum Gasteiger partial charge on any atom is -0.479 e. The Morgan fingerprint density at radius 2 is 1.21 bits per heavy atom. The van der Waals surface area contributed by atoms with Gasteiger partial charge in [0.1, 0.15) is 0 Å². The maximum Gasteiger partial charge on any atom is 0.335 e. The van der Waals surface area contributed by atoms with Crippen LogP contribution in [0.15, 0.2) is 54.6 Å². The van der Waals surface area contributed by atoms with Gasteiger partial charge in [0.25, 0.3) is 0 Å². The Bertz CT molecular complexity index is 462. The molecule has 0 saturated carbocycles. The molecule has 0 aliphatic rings. The van der Waals surface area contributed by atoms with Gasteiger partial charge < -0.3 is 10.2 Å². The van der Waals surface area contributed by atoms with Gasteiger partial charge in [-0.3, -0.25) is 0 Å². The van der Waals surface area contributed by atoms with Crippen LogP contribution in [0.3, 0.4) is 0 Å². The quantitative estimate of drug-likeness (QED) is 0.660. The first kappa shape index (κ1) is 16.9. The van der Waals surface area contributed by atoms with E-state index in [1.165, 1.54) is 12.1 Å². The van der Waals surface area contributed by atoms with Crippen LogP contribution in [0.2, 0.25) is 0 Å². The number of benzene rings is 2. The zero-order valence-corrected chi connectivity index (χ0v) is 10.9. The van der Waals surface area contributed by atoms with Crippen LogP contribution in [0.1, 0.15) is 20.7 Å². The number of carboxylic acid groups (broad SMARTS) is 2. The number of hydrogen-bond donors (Lipinski definition) is 2. The van der Waals surface area contributed by atoms with Crippen molar-refractivity contribution in [2.24, 2.45) is 0 Å². The summed E-state index contributed by atoms with van der Waals surface area (Å²) < 4.78 is 0. The SMILES string of the molecule is O=C(O)c1cc[c-]cc1.O=C(O)c1ccccc1.[Fe]. The van der Waals surface area contributed by atoms with Crippen molar-refractivity contribution in [3.63, 3.8) is 0 Å². The molecule has 2 N–H and O–H groups in total. The van der Waals surface area contributed by atoms with Gasteiger partial charge in [0, 0.05) is 17.1 Å². The largest absolute Gasteiger partial charge is 0.479 e. The predicted molar refractivity (Wildman–Crippen MR) is 65.6 cm³/mol. The minimum absolute atomic E-state index is 0. The second-order valence-electron chi connectivity index (χ2n) is 3.27. The van der Waals surface area contributed by atoms with Crippen molar-refractivity contribution in [2.45, 2.75) is 0 Å². The van der Waals surface area contributed by atoms with Crippen molar-refractivity contribution in [1.29, 1.82) is 0 Å². The number of aromatic carboxylic acids is 2. The van der Waals surface area contributed by atoms with Crippen LogP contribution in [0.25, 0.3) is 0 Å². The van der Waals surface area contributed by atoms with Gasteiger partial charge >= 0.3 is 11.9 Å². The Morgan fingerprint density at radius 1 is 0.789 bits per heavy atom. The molecular weight excluding hydrogens is 288 g/mol. The molecule has 4 nitrogen and oxygen atoms in total. The van der Waals surface area contributed by atoms with Crippen LogP contribution in [0.5, 0.6) is 0 Å². The molecule has 0 bridgehead atoms. The molecule has 0 aliphatic carbocycles. The van der Waals surface area contributed by atoms with Crippen molar-refractivity contribution in [1.82, 2.24) is 0 Å². The van der Waals surface area contributed by atoms with Gasteiger partial charge in [-0.15, -0.1) is 0 Å². The van der Waals surface area contributed by atoms with E-state index in [0.29, 0.717) is 11.1 Å². The molecule has 100 valence electrons. The second-order valence-corrected chi connectivity index (χ2v) is 3.27. The van der Waals surface area contributed by atoms with E-state index in [-0.39, 0.29) is 17.1 Å². The topological polar surface area (TPSA) is 74.6 Å². The average molecular weight is 299 g/mol. The van der Waals surface area contributed by atoms with E-state index in [9.17, 15) is 9.59 Å². The number of carboxylic acids is 2. The molecule has 0 spiro atoms. The van der Waals surface area contributed by atoms with Crippen LogP contribution in [0.4, 0.5) is 0 Å². The molecule has 0 aliphatic heterocycles. The first-order valence-corrected chi connectivity index (χ1v) is 5.09. The predicted octanol–water partition coefficient (Wildman–Crippen LogP) is 2.57. The third-order valence-electron chi connectivity index (χ3n) is 1.99. The molecule has 0 saturated heterocycles. The Balaban J connectivity index is 0.000000324. The summed E-state index contributed by atoms with van der Waals surface area (Å²) in [6.07, 6.45) is 0. The zero-order chi connectivity index (χ0) is 13.4. The monoisotopic (exact) mass is 299 g/mol. The van der Waals surface area contributed by atoms with Gasteiger partial charge in [-0.2, -0.15) is 30.3 Å². The number of hydrogen-bond acceptors (Lipinski definition) is 2. The summed E-state index contributed by atoms with van der Waals surface area (Å²) in [4.78, 5) is 20.4. The molecule has 0 aromatic heterocycles. The Labute approximate surface area is 121 Å². The zero-order valence-electron chi connectivity index (χ0n) is 9.76. The average Bonchev–Trinajstić information content (AvgIpc) is 2.41. The van der Waals surface area contributed by atoms with Crippen molar-refractivity contribution in [2.75, 3.05) is 0 Å². The molecule has 0 unspecified atom stereocenters. The van der Waals surface area contributed by atoms with Gasteiger partial charge in [-0.25, -0.2) is 9.59 Å². The molecule has 0 amide bonds. The molecule has 19 heavy (non-hydrogen) atoms. The summed E-state index contributed by atoms with van der Waals surface area (Å²) in [6, 6.07) is 17.2. The van der Waals surface area contributed by atoms with Gasteiger partial charge in [-0.05, 0) is 17.7 Å². The van der Waals surface area contributed by atoms with Crippen molar-refractivity contribution >= 4 is 11.9 Å². The van der Waals surface area contributed by atoms with E-state index in [1.54, 1.807) is 42.5 Å². The fourth-order valence-corrected chi connectivity index (χ4v) is 1.11. The molecular formula is C14H11FeO4-. The molecule has 0 radical (unpaired) electrons. The summed E-state index contributed by atoms with van der Waals surface area (Å²) in [5.74, 6) is -1.78. The summed E-state index contributed by atoms with van der Waals surface area (Å²) in [5, 5.41) is 16.8. The van der Waals surface area contributed by atoms with E-state index < -0.39 is 11.9 Å². The Morgan fingerprint density at radius 3 is 1.53 bits per heavy atom. The van der Waals surface area contributed by atoms with Crippen molar-refractivity contribution in [3.05, 3.63) is 71.8 Å². The molecule has 2 rings (SSSR count). The van der Waals surface area contributed by atoms with Crippen molar-refractivity contribution < 1.29 is 36.9 Å². The van der Waals surface area contributed by atoms with Crippen molar-refractivity contribution in [3.8, 4) is 0 Å². The van der Waals surface area contributed by atoms with Crippen LogP contribution in [-0.2, 0) is 17.1 Å². The third kappa shape index (κ3) is 6.40. The number of carbonyl (C=O) groups is 2. The van der Waals surface area contributed by atoms with Gasteiger partial charge in [0.2, 0.25) is 0 Å². The molecule has 0 heterocycles. The van der Waals surface area contributed by atoms with Crippen LogP contribution >= 0.6 is 0 Å². The molecule has 2 aromatic carbocycles. The maximum atomic E-state index is 10.2. The summed E-state index contributed by atoms with van der Waals surface area (Å²) in [5.41, 5.74) is 0.631. The molecule has 0 fully saturated rings. The van der Waals surface area contributed by atoms with Crippen LogP contribution in [-0.4, -0.2) is 22.2 Å². The van der Waals surface area contributed by atoms with Gasteiger partial charge in [-0.1, -0.05) is 18.2 Å². The van der Waals surface area contributed by atoms with E-state index in [4.69, 9.17) is 10.2 Å². The van der Waals surface area contributed by atoms with E-state index in [0.717, 1.165) is 0 Å². The minimum atomic E-state index is -0.899. The van der Waals surface area contributed by atoms with Gasteiger partial charge in [0.15, 0.2) is 0 Å². The Hall–Kier alpha value is -2.10. The standard InChI is InChI=1S/C7H6O2.C7H5O2.Fe/c2*8-7(9)6-4-2-1-3-5-6;/h1-5H,(H,8,9);2-5H,(H,8,9);/q;-1;. The van der Waals surface area contributed by atoms with E-state index in [2.05, 4.69) is 6.07 Å². The Kier molecular flexibility index (Phi) is 7.93. The van der Waals surface area contributed by atoms with E-state index >= 15 is 0 Å². The van der Waals surface area contributed by atoms with Gasteiger partial charge in [0.05, 0.1) is 5.56 Å². The summed E-state index contributed by atoms with van der Waals surface area (Å²) >= 11 is 0. The second kappa shape index (κ2) is 8.91. The maximum absolute atomic E-state index is 10.2. The first-order valence-electron chi connectivity index (χ1n) is 5.09. The number of rotatable bonds is 2. The summed E-state index contributed by atoms with van der Waals surface area (Å²) in [7, 11) is 0. The van der Waals surface area contributed by atoms with E-state index in [1.807, 2.05) is 0 Å². The summed E-state index contributed by atoms with van der Waals surface area (Å²) in [6.45, 7) is 0. The third-order valence-corrected chi connectivity index (χ3v) is 1.99.